The zero-order chi connectivity index (χ0) is 38.1. The van der Waals surface area contributed by atoms with Gasteiger partial charge >= 0.3 is 0 Å². The molecule has 1 spiro atoms. The molecule has 2 aromatic heterocycles. The third-order valence-corrected chi connectivity index (χ3v) is 11.9. The lowest BCUT2D eigenvalue weighted by Crippen LogP contribution is -2.26. The molecule has 2 heterocycles. The average molecular weight is 723 g/mol. The topological polar surface area (TPSA) is 73.4 Å². The Morgan fingerprint density at radius 1 is 0.351 bits per heavy atom. The molecule has 0 atom stereocenters. The first-order chi connectivity index (χ1) is 28.1. The molecule has 0 N–H and O–H groups in total. The van der Waals surface area contributed by atoms with E-state index < -0.39 is 5.41 Å². The second-order valence-electron chi connectivity index (χ2n) is 14.7. The van der Waals surface area contributed by atoms with Crippen LogP contribution in [0.2, 0.25) is 0 Å². The van der Waals surface area contributed by atoms with Gasteiger partial charge in [-0.2, -0.15) is 10.5 Å². The van der Waals surface area contributed by atoms with Gasteiger partial charge in [-0.3, -0.25) is 0 Å². The van der Waals surface area contributed by atoms with Crippen molar-refractivity contribution >= 4 is 10.8 Å². The quantitative estimate of drug-likeness (QED) is 0.181. The van der Waals surface area contributed by atoms with Crippen molar-refractivity contribution in [2.45, 2.75) is 5.41 Å². The molecule has 2 aliphatic rings. The minimum Gasteiger partial charge on any atom is -0.246 e. The second kappa shape index (κ2) is 12.6. The van der Waals surface area contributed by atoms with Gasteiger partial charge in [0.2, 0.25) is 0 Å². The van der Waals surface area contributed by atoms with Gasteiger partial charge in [0.15, 0.2) is 0 Å². The van der Waals surface area contributed by atoms with Crippen LogP contribution < -0.4 is 0 Å². The molecule has 262 valence electrons. The van der Waals surface area contributed by atoms with Gasteiger partial charge < -0.3 is 0 Å². The van der Waals surface area contributed by atoms with Crippen molar-refractivity contribution in [1.82, 2.24) is 9.97 Å². The van der Waals surface area contributed by atoms with Crippen LogP contribution in [0.15, 0.2) is 182 Å². The van der Waals surface area contributed by atoms with E-state index in [2.05, 4.69) is 168 Å². The van der Waals surface area contributed by atoms with E-state index in [1.807, 2.05) is 24.3 Å². The standard InChI is InChI=1S/C53H30N4/c54-31-40-27-38(23-25-56-40)34-15-13-33(14-16-34)37-21-22-46-50(29-37)53(48-11-5-3-8-43(48)44-9-4-6-12-49(44)53)51-30-47(42-7-1-2-10-45(42)52(46)51)36-19-17-35(18-20-36)39-24-26-57-41(28-39)32-55/h1-30H. The monoisotopic (exact) mass is 722 g/mol. The van der Waals surface area contributed by atoms with E-state index in [1.54, 1.807) is 12.4 Å². The molecule has 0 aliphatic heterocycles. The van der Waals surface area contributed by atoms with Gasteiger partial charge in [0, 0.05) is 12.4 Å². The average Bonchev–Trinajstić information content (AvgIpc) is 3.76. The van der Waals surface area contributed by atoms with E-state index >= 15 is 0 Å². The molecule has 0 fully saturated rings. The molecule has 9 aromatic rings. The van der Waals surface area contributed by atoms with Gasteiger partial charge in [-0.1, -0.05) is 133 Å². The van der Waals surface area contributed by atoms with E-state index in [1.165, 1.54) is 60.8 Å². The highest BCUT2D eigenvalue weighted by molar-refractivity contribution is 6.11. The predicted molar refractivity (Wildman–Crippen MR) is 227 cm³/mol. The Kier molecular flexibility index (Phi) is 7.17. The van der Waals surface area contributed by atoms with Crippen molar-refractivity contribution in [3.8, 4) is 78.9 Å². The summed E-state index contributed by atoms with van der Waals surface area (Å²) >= 11 is 0. The maximum Gasteiger partial charge on any atom is 0.141 e. The van der Waals surface area contributed by atoms with Crippen molar-refractivity contribution in [2.24, 2.45) is 0 Å². The maximum atomic E-state index is 9.47. The molecule has 0 amide bonds. The number of nitriles is 2. The SMILES string of the molecule is N#Cc1cc(-c2ccc(-c3ccc4c(c3)C3(c5ccccc5-c5ccccc53)c3cc(-c5ccc(-c6ccnc(C#N)c6)cc5)c5ccccc5c3-4)cc2)ccn1. The first kappa shape index (κ1) is 32.5. The molecule has 7 aromatic carbocycles. The molecule has 57 heavy (non-hydrogen) atoms. The number of hydrogen-bond acceptors (Lipinski definition) is 4. The van der Waals surface area contributed by atoms with Gasteiger partial charge in [0.25, 0.3) is 0 Å². The van der Waals surface area contributed by atoms with Crippen molar-refractivity contribution in [1.29, 1.82) is 10.5 Å². The minimum absolute atomic E-state index is 0.406. The van der Waals surface area contributed by atoms with Gasteiger partial charge in [-0.05, 0) is 136 Å². The molecule has 0 bridgehead atoms. The van der Waals surface area contributed by atoms with Crippen LogP contribution in [0.3, 0.4) is 0 Å². The van der Waals surface area contributed by atoms with E-state index in [4.69, 9.17) is 0 Å². The van der Waals surface area contributed by atoms with Crippen LogP contribution in [0.1, 0.15) is 33.6 Å². The third-order valence-electron chi connectivity index (χ3n) is 11.9. The van der Waals surface area contributed by atoms with Crippen LogP contribution in [0.5, 0.6) is 0 Å². The number of pyridine rings is 2. The highest BCUT2D eigenvalue weighted by Gasteiger charge is 2.52. The smallest absolute Gasteiger partial charge is 0.141 e. The number of aromatic nitrogens is 2. The fraction of sp³-hybridized carbons (Fsp3) is 0.0189. The summed E-state index contributed by atoms with van der Waals surface area (Å²) in [6, 6.07) is 65.4. The molecule has 11 rings (SSSR count). The van der Waals surface area contributed by atoms with Gasteiger partial charge in [0.1, 0.15) is 23.5 Å². The summed E-state index contributed by atoms with van der Waals surface area (Å²) in [4.78, 5) is 8.33. The Hall–Kier alpha value is -7.92. The summed E-state index contributed by atoms with van der Waals surface area (Å²) in [5.41, 5.74) is 19.1. The third kappa shape index (κ3) is 4.78. The van der Waals surface area contributed by atoms with Gasteiger partial charge in [-0.15, -0.1) is 0 Å². The fourth-order valence-electron chi connectivity index (χ4n) is 9.45. The molecule has 0 saturated heterocycles. The number of hydrogen-bond donors (Lipinski definition) is 0. The van der Waals surface area contributed by atoms with Crippen LogP contribution in [-0.4, -0.2) is 9.97 Å². The summed E-state index contributed by atoms with van der Waals surface area (Å²) in [7, 11) is 0. The van der Waals surface area contributed by atoms with E-state index in [0.717, 1.165) is 38.9 Å². The Bertz CT molecular complexity index is 3150. The van der Waals surface area contributed by atoms with E-state index in [0.29, 0.717) is 11.4 Å². The molecule has 4 nitrogen and oxygen atoms in total. The molecular formula is C53H30N4. The lowest BCUT2D eigenvalue weighted by molar-refractivity contribution is 0.795. The number of rotatable bonds is 4. The normalized spacial score (nSPS) is 12.7. The van der Waals surface area contributed by atoms with Crippen LogP contribution in [0, 0.1) is 22.7 Å². The van der Waals surface area contributed by atoms with E-state index in [-0.39, 0.29) is 0 Å². The van der Waals surface area contributed by atoms with E-state index in [9.17, 15) is 10.5 Å². The van der Waals surface area contributed by atoms with Crippen molar-refractivity contribution < 1.29 is 0 Å². The summed E-state index contributed by atoms with van der Waals surface area (Å²) in [6.07, 6.45) is 3.38. The van der Waals surface area contributed by atoms with Crippen molar-refractivity contribution in [2.75, 3.05) is 0 Å². The van der Waals surface area contributed by atoms with Gasteiger partial charge in [0.05, 0.1) is 5.41 Å². The number of benzene rings is 7. The fourth-order valence-corrected chi connectivity index (χ4v) is 9.45. The highest BCUT2D eigenvalue weighted by atomic mass is 14.7. The first-order valence-electron chi connectivity index (χ1n) is 19.0. The van der Waals surface area contributed by atoms with Crippen LogP contribution in [0.4, 0.5) is 0 Å². The van der Waals surface area contributed by atoms with Gasteiger partial charge in [-0.25, -0.2) is 9.97 Å². The van der Waals surface area contributed by atoms with Crippen LogP contribution in [-0.2, 0) is 5.41 Å². The lowest BCUT2D eigenvalue weighted by Gasteiger charge is -2.31. The molecule has 2 aliphatic carbocycles. The molecule has 0 radical (unpaired) electrons. The Morgan fingerprint density at radius 2 is 0.825 bits per heavy atom. The Morgan fingerprint density at radius 3 is 1.39 bits per heavy atom. The summed E-state index contributed by atoms with van der Waals surface area (Å²) < 4.78 is 0. The predicted octanol–water partition coefficient (Wildman–Crippen LogP) is 12.4. The van der Waals surface area contributed by atoms with Crippen molar-refractivity contribution in [3.05, 3.63) is 216 Å². The summed E-state index contributed by atoms with van der Waals surface area (Å²) in [6.45, 7) is 0. The molecule has 0 saturated carbocycles. The Balaban J connectivity index is 1.14. The number of fused-ring (bicyclic) bond motifs is 12. The maximum absolute atomic E-state index is 9.47. The zero-order valence-corrected chi connectivity index (χ0v) is 30.6. The zero-order valence-electron chi connectivity index (χ0n) is 30.6. The largest absolute Gasteiger partial charge is 0.246 e. The minimum atomic E-state index is -0.540. The van der Waals surface area contributed by atoms with Crippen molar-refractivity contribution in [3.63, 3.8) is 0 Å². The molecule has 0 unspecified atom stereocenters. The molecular weight excluding hydrogens is 693 g/mol. The van der Waals surface area contributed by atoms with Crippen LogP contribution in [0.25, 0.3) is 77.5 Å². The van der Waals surface area contributed by atoms with Crippen LogP contribution >= 0.6 is 0 Å². The second-order valence-corrected chi connectivity index (χ2v) is 14.7. The molecule has 4 heteroatoms. The lowest BCUT2D eigenvalue weighted by atomic mass is 9.69. The number of nitrogens with zero attached hydrogens (tertiary/aromatic N) is 4. The summed E-state index contributed by atoms with van der Waals surface area (Å²) in [5, 5.41) is 21.3. The highest BCUT2D eigenvalue weighted by Crippen LogP contribution is 2.64. The summed E-state index contributed by atoms with van der Waals surface area (Å²) in [5.74, 6) is 0. The Labute approximate surface area is 330 Å². The first-order valence-corrected chi connectivity index (χ1v) is 19.0.